The molecule has 2 aromatic carbocycles. The summed E-state index contributed by atoms with van der Waals surface area (Å²) in [7, 11) is 1.66. The number of rotatable bonds is 5. The molecule has 4 heteroatoms. The van der Waals surface area contributed by atoms with Crippen molar-refractivity contribution in [3.63, 3.8) is 0 Å². The van der Waals surface area contributed by atoms with E-state index in [9.17, 15) is 0 Å². The summed E-state index contributed by atoms with van der Waals surface area (Å²) >= 11 is 7.77. The fraction of sp³-hybridized carbons (Fsp3) is 0.250. The minimum Gasteiger partial charge on any atom is -0.496 e. The Morgan fingerprint density at radius 3 is 2.70 bits per heavy atom. The summed E-state index contributed by atoms with van der Waals surface area (Å²) in [6.45, 7) is 0. The van der Waals surface area contributed by atoms with Gasteiger partial charge in [0.25, 0.3) is 0 Å². The Kier molecular flexibility index (Phi) is 5.35. The first kappa shape index (κ1) is 15.2. The third-order valence-corrected chi connectivity index (χ3v) is 4.27. The quantitative estimate of drug-likeness (QED) is 0.836. The van der Waals surface area contributed by atoms with Crippen LogP contribution in [0.5, 0.6) is 5.75 Å². The fourth-order valence-corrected chi connectivity index (χ4v) is 3.09. The van der Waals surface area contributed by atoms with Gasteiger partial charge in [0, 0.05) is 16.0 Å². The van der Waals surface area contributed by atoms with Crippen molar-refractivity contribution in [3.05, 3.63) is 58.6 Å². The van der Waals surface area contributed by atoms with Crippen LogP contribution in [0.4, 0.5) is 0 Å². The lowest BCUT2D eigenvalue weighted by Gasteiger charge is -2.17. The van der Waals surface area contributed by atoms with Crippen molar-refractivity contribution in [2.75, 3.05) is 13.4 Å². The molecule has 0 aliphatic heterocycles. The summed E-state index contributed by atoms with van der Waals surface area (Å²) in [4.78, 5) is 1.21. The van der Waals surface area contributed by atoms with Crippen molar-refractivity contribution in [3.8, 4) is 5.75 Å². The Bertz CT molecular complexity index is 588. The Morgan fingerprint density at radius 2 is 2.00 bits per heavy atom. The maximum absolute atomic E-state index is 6.37. The molecule has 0 heterocycles. The van der Waals surface area contributed by atoms with Gasteiger partial charge in [-0.15, -0.1) is 11.8 Å². The van der Waals surface area contributed by atoms with E-state index in [4.69, 9.17) is 22.1 Å². The Hall–Kier alpha value is -1.16. The summed E-state index contributed by atoms with van der Waals surface area (Å²) in [5.41, 5.74) is 8.55. The van der Waals surface area contributed by atoms with Gasteiger partial charge in [-0.1, -0.05) is 29.8 Å². The number of halogens is 1. The smallest absolute Gasteiger partial charge is 0.122 e. The van der Waals surface area contributed by atoms with Gasteiger partial charge in [-0.05, 0) is 48.1 Å². The van der Waals surface area contributed by atoms with Crippen LogP contribution in [-0.2, 0) is 6.42 Å². The predicted molar refractivity (Wildman–Crippen MR) is 86.9 cm³/mol. The summed E-state index contributed by atoms with van der Waals surface area (Å²) in [5.74, 6) is 0.825. The van der Waals surface area contributed by atoms with Gasteiger partial charge in [0.1, 0.15) is 5.75 Å². The molecule has 1 atom stereocenters. The van der Waals surface area contributed by atoms with Crippen LogP contribution in [0, 0.1) is 0 Å². The summed E-state index contributed by atoms with van der Waals surface area (Å²) in [6.07, 6.45) is 2.76. The van der Waals surface area contributed by atoms with Crippen molar-refractivity contribution in [1.29, 1.82) is 0 Å². The molecule has 0 saturated heterocycles. The highest BCUT2D eigenvalue weighted by molar-refractivity contribution is 7.98. The molecule has 0 amide bonds. The highest BCUT2D eigenvalue weighted by Crippen LogP contribution is 2.30. The van der Waals surface area contributed by atoms with Crippen LogP contribution >= 0.6 is 23.4 Å². The van der Waals surface area contributed by atoms with Crippen LogP contribution < -0.4 is 10.5 Å². The second-order valence-corrected chi connectivity index (χ2v) is 5.79. The number of nitrogens with two attached hydrogens (primary N) is 1. The van der Waals surface area contributed by atoms with Crippen LogP contribution in [0.1, 0.15) is 17.2 Å². The van der Waals surface area contributed by atoms with Crippen molar-refractivity contribution in [2.24, 2.45) is 5.73 Å². The van der Waals surface area contributed by atoms with Gasteiger partial charge in [0.05, 0.1) is 7.11 Å². The molecule has 2 N–H and O–H groups in total. The summed E-state index contributed by atoms with van der Waals surface area (Å²) < 4.78 is 5.37. The predicted octanol–water partition coefficient (Wildman–Crippen LogP) is 4.31. The number of thioether (sulfide) groups is 1. The molecular weight excluding hydrogens is 290 g/mol. The van der Waals surface area contributed by atoms with Crippen molar-refractivity contribution >= 4 is 23.4 Å². The third-order valence-electron chi connectivity index (χ3n) is 3.22. The molecule has 0 aromatic heterocycles. The highest BCUT2D eigenvalue weighted by atomic mass is 35.5. The Morgan fingerprint density at radius 1 is 1.25 bits per heavy atom. The fourth-order valence-electron chi connectivity index (χ4n) is 2.23. The second-order valence-electron chi connectivity index (χ2n) is 4.51. The average molecular weight is 308 g/mol. The van der Waals surface area contributed by atoms with E-state index in [1.807, 2.05) is 30.3 Å². The van der Waals surface area contributed by atoms with E-state index in [0.29, 0.717) is 11.4 Å². The SMILES string of the molecule is COc1ccc(Cl)cc1CC(N)c1ccccc1SC. The monoisotopic (exact) mass is 307 g/mol. The standard InChI is InChI=1S/C16H18ClNOS/c1-19-15-8-7-12(17)9-11(15)10-14(18)13-5-3-4-6-16(13)20-2/h3-9,14H,10,18H2,1-2H3. The lowest BCUT2D eigenvalue weighted by Crippen LogP contribution is -2.14. The molecule has 0 radical (unpaired) electrons. The molecule has 0 aliphatic carbocycles. The number of methoxy groups -OCH3 is 1. The zero-order chi connectivity index (χ0) is 14.5. The van der Waals surface area contributed by atoms with Crippen LogP contribution in [-0.4, -0.2) is 13.4 Å². The molecule has 106 valence electrons. The first-order chi connectivity index (χ1) is 9.65. The van der Waals surface area contributed by atoms with E-state index < -0.39 is 0 Å². The number of hydrogen-bond donors (Lipinski definition) is 1. The van der Waals surface area contributed by atoms with Crippen molar-refractivity contribution in [2.45, 2.75) is 17.4 Å². The van der Waals surface area contributed by atoms with Crippen molar-refractivity contribution in [1.82, 2.24) is 0 Å². The average Bonchev–Trinajstić information content (AvgIpc) is 2.47. The first-order valence-corrected chi connectivity index (χ1v) is 7.97. The molecule has 2 rings (SSSR count). The van der Waals surface area contributed by atoms with Crippen molar-refractivity contribution < 1.29 is 4.74 Å². The minimum absolute atomic E-state index is 0.0778. The van der Waals surface area contributed by atoms with Crippen LogP contribution in [0.15, 0.2) is 47.4 Å². The Labute approximate surface area is 129 Å². The molecule has 2 aromatic rings. The van der Waals surface area contributed by atoms with Gasteiger partial charge in [-0.25, -0.2) is 0 Å². The molecule has 0 aliphatic rings. The van der Waals surface area contributed by atoms with E-state index in [1.165, 1.54) is 4.90 Å². The zero-order valence-corrected chi connectivity index (χ0v) is 13.2. The minimum atomic E-state index is -0.0778. The topological polar surface area (TPSA) is 35.2 Å². The van der Waals surface area contributed by atoms with E-state index in [2.05, 4.69) is 18.4 Å². The lowest BCUT2D eigenvalue weighted by atomic mass is 9.99. The summed E-state index contributed by atoms with van der Waals surface area (Å²) in [5, 5.41) is 0.700. The molecule has 0 spiro atoms. The Balaban J connectivity index is 2.27. The third kappa shape index (κ3) is 3.48. The second kappa shape index (κ2) is 7.02. The largest absolute Gasteiger partial charge is 0.496 e. The number of ether oxygens (including phenoxy) is 1. The van der Waals surface area contributed by atoms with Gasteiger partial charge in [-0.2, -0.15) is 0 Å². The van der Waals surface area contributed by atoms with Crippen LogP contribution in [0.3, 0.4) is 0 Å². The maximum atomic E-state index is 6.37. The number of benzene rings is 2. The van der Waals surface area contributed by atoms with Crippen LogP contribution in [0.25, 0.3) is 0 Å². The normalized spacial score (nSPS) is 12.2. The van der Waals surface area contributed by atoms with E-state index >= 15 is 0 Å². The molecule has 2 nitrogen and oxygen atoms in total. The number of hydrogen-bond acceptors (Lipinski definition) is 3. The highest BCUT2D eigenvalue weighted by Gasteiger charge is 2.14. The zero-order valence-electron chi connectivity index (χ0n) is 11.6. The van der Waals surface area contributed by atoms with E-state index in [-0.39, 0.29) is 6.04 Å². The molecule has 20 heavy (non-hydrogen) atoms. The lowest BCUT2D eigenvalue weighted by molar-refractivity contribution is 0.408. The van der Waals surface area contributed by atoms with E-state index in [1.54, 1.807) is 18.9 Å². The molecule has 0 bridgehead atoms. The van der Waals surface area contributed by atoms with Gasteiger partial charge < -0.3 is 10.5 Å². The molecule has 0 saturated carbocycles. The molecule has 0 fully saturated rings. The first-order valence-electron chi connectivity index (χ1n) is 6.36. The van der Waals surface area contributed by atoms with Gasteiger partial charge in [0.15, 0.2) is 0 Å². The van der Waals surface area contributed by atoms with Gasteiger partial charge >= 0.3 is 0 Å². The maximum Gasteiger partial charge on any atom is 0.122 e. The van der Waals surface area contributed by atoms with Gasteiger partial charge in [-0.3, -0.25) is 0 Å². The van der Waals surface area contributed by atoms with Crippen LogP contribution in [0.2, 0.25) is 5.02 Å². The van der Waals surface area contributed by atoms with Gasteiger partial charge in [0.2, 0.25) is 0 Å². The summed E-state index contributed by atoms with van der Waals surface area (Å²) in [6, 6.07) is 13.8. The van der Waals surface area contributed by atoms with E-state index in [0.717, 1.165) is 16.9 Å². The molecular formula is C16H18ClNOS. The molecule has 1 unspecified atom stereocenters.